The lowest BCUT2D eigenvalue weighted by Crippen LogP contribution is -2.47. The number of nitrogens with zero attached hydrogens (tertiary/aromatic N) is 2. The number of rotatable bonds is 3. The third-order valence-electron chi connectivity index (χ3n) is 2.74. The van der Waals surface area contributed by atoms with Crippen LogP contribution in [0.1, 0.15) is 10.4 Å². The molecule has 0 bridgehead atoms. The van der Waals surface area contributed by atoms with Crippen LogP contribution >= 0.6 is 11.8 Å². The van der Waals surface area contributed by atoms with E-state index in [1.165, 1.54) is 6.20 Å². The number of carbonyl (C=O) groups excluding carboxylic acids is 1. The van der Waals surface area contributed by atoms with Crippen LogP contribution in [-0.4, -0.2) is 46.1 Å². The van der Waals surface area contributed by atoms with Gasteiger partial charge in [0.05, 0.1) is 5.56 Å². The Kier molecular flexibility index (Phi) is 3.71. The summed E-state index contributed by atoms with van der Waals surface area (Å²) >= 11 is 1.61. The molecule has 0 aliphatic carbocycles. The van der Waals surface area contributed by atoms with E-state index in [0.29, 0.717) is 23.7 Å². The van der Waals surface area contributed by atoms with E-state index in [1.807, 2.05) is 0 Å². The van der Waals surface area contributed by atoms with E-state index in [1.54, 1.807) is 28.8 Å². The fourth-order valence-corrected chi connectivity index (χ4v) is 2.82. The van der Waals surface area contributed by atoms with Gasteiger partial charge in [0.15, 0.2) is 0 Å². The van der Waals surface area contributed by atoms with Crippen molar-refractivity contribution in [1.82, 2.24) is 4.98 Å². The zero-order valence-corrected chi connectivity index (χ0v) is 10.4. The topological polar surface area (TPSA) is 96.5 Å². The molecule has 7 heteroatoms. The number of thioether (sulfide) groups is 1. The van der Waals surface area contributed by atoms with Crippen LogP contribution in [0.3, 0.4) is 0 Å². The van der Waals surface area contributed by atoms with Crippen molar-refractivity contribution in [2.24, 2.45) is 5.73 Å². The molecule has 1 atom stereocenters. The highest BCUT2D eigenvalue weighted by atomic mass is 32.2. The molecule has 6 nitrogen and oxygen atoms in total. The maximum atomic E-state index is 11.2. The van der Waals surface area contributed by atoms with Crippen LogP contribution in [0.15, 0.2) is 18.3 Å². The standard InChI is InChI=1S/C11H13N3O3S/c12-10(15)7-1-2-9(13-5-7)14-3-4-18-6-8(14)11(16)17/h1-2,5,8H,3-4,6H2,(H2,12,15)(H,16,17). The Morgan fingerprint density at radius 2 is 2.28 bits per heavy atom. The molecule has 0 saturated carbocycles. The molecule has 2 rings (SSSR count). The number of aliphatic carboxylic acids is 1. The lowest BCUT2D eigenvalue weighted by Gasteiger charge is -2.33. The molecule has 18 heavy (non-hydrogen) atoms. The summed E-state index contributed by atoms with van der Waals surface area (Å²) in [5.74, 6) is 0.561. The number of anilines is 1. The molecular weight excluding hydrogens is 254 g/mol. The van der Waals surface area contributed by atoms with Crippen molar-refractivity contribution in [3.05, 3.63) is 23.9 Å². The minimum absolute atomic E-state index is 0.317. The summed E-state index contributed by atoms with van der Waals surface area (Å²) < 4.78 is 0. The highest BCUT2D eigenvalue weighted by Gasteiger charge is 2.29. The number of aromatic nitrogens is 1. The molecule has 1 aliphatic rings. The van der Waals surface area contributed by atoms with Gasteiger partial charge in [-0.25, -0.2) is 9.78 Å². The normalized spacial score (nSPS) is 19.6. The molecule has 1 aromatic heterocycles. The van der Waals surface area contributed by atoms with Gasteiger partial charge in [0.25, 0.3) is 0 Å². The quantitative estimate of drug-likeness (QED) is 0.811. The van der Waals surface area contributed by atoms with Gasteiger partial charge >= 0.3 is 5.97 Å². The second kappa shape index (κ2) is 5.26. The van der Waals surface area contributed by atoms with Crippen molar-refractivity contribution in [1.29, 1.82) is 0 Å². The molecule has 3 N–H and O–H groups in total. The minimum atomic E-state index is -0.858. The van der Waals surface area contributed by atoms with Crippen LogP contribution in [0.5, 0.6) is 0 Å². The average Bonchev–Trinajstić information content (AvgIpc) is 2.39. The van der Waals surface area contributed by atoms with E-state index >= 15 is 0 Å². The highest BCUT2D eigenvalue weighted by molar-refractivity contribution is 7.99. The first-order valence-electron chi connectivity index (χ1n) is 5.42. The predicted octanol–water partition coefficient (Wildman–Crippen LogP) is 0.187. The molecule has 1 aliphatic heterocycles. The van der Waals surface area contributed by atoms with Crippen molar-refractivity contribution in [2.45, 2.75) is 6.04 Å². The second-order valence-electron chi connectivity index (χ2n) is 3.89. The van der Waals surface area contributed by atoms with E-state index < -0.39 is 17.9 Å². The molecule has 1 aromatic rings. The molecule has 1 amide bonds. The van der Waals surface area contributed by atoms with Crippen LogP contribution in [0, 0.1) is 0 Å². The third-order valence-corrected chi connectivity index (χ3v) is 3.76. The number of primary amides is 1. The van der Waals surface area contributed by atoms with Gasteiger partial charge in [0.2, 0.25) is 5.91 Å². The molecule has 0 spiro atoms. The number of pyridine rings is 1. The lowest BCUT2D eigenvalue weighted by atomic mass is 10.2. The second-order valence-corrected chi connectivity index (χ2v) is 5.04. The molecule has 1 fully saturated rings. The van der Waals surface area contributed by atoms with Crippen LogP contribution in [0.4, 0.5) is 5.82 Å². The summed E-state index contributed by atoms with van der Waals surface area (Å²) in [6.45, 7) is 0.630. The molecule has 2 heterocycles. The molecular formula is C11H13N3O3S. The Labute approximate surface area is 108 Å². The van der Waals surface area contributed by atoms with Gasteiger partial charge in [-0.3, -0.25) is 4.79 Å². The number of amides is 1. The SMILES string of the molecule is NC(=O)c1ccc(N2CCSCC2C(=O)O)nc1. The van der Waals surface area contributed by atoms with E-state index in [0.717, 1.165) is 5.75 Å². The summed E-state index contributed by atoms with van der Waals surface area (Å²) in [4.78, 5) is 27.9. The molecule has 96 valence electrons. The summed E-state index contributed by atoms with van der Waals surface area (Å²) in [5.41, 5.74) is 5.44. The van der Waals surface area contributed by atoms with E-state index in [4.69, 9.17) is 10.8 Å². The minimum Gasteiger partial charge on any atom is -0.480 e. The number of carbonyl (C=O) groups is 2. The number of hydrogen-bond donors (Lipinski definition) is 2. The third kappa shape index (κ3) is 2.56. The monoisotopic (exact) mass is 267 g/mol. The van der Waals surface area contributed by atoms with Gasteiger partial charge in [0.1, 0.15) is 11.9 Å². The van der Waals surface area contributed by atoms with Gasteiger partial charge in [-0.2, -0.15) is 11.8 Å². The zero-order valence-electron chi connectivity index (χ0n) is 9.57. The van der Waals surface area contributed by atoms with Gasteiger partial charge < -0.3 is 15.7 Å². The first-order valence-corrected chi connectivity index (χ1v) is 6.58. The van der Waals surface area contributed by atoms with Crippen molar-refractivity contribution < 1.29 is 14.7 Å². The van der Waals surface area contributed by atoms with Crippen molar-refractivity contribution >= 4 is 29.5 Å². The number of nitrogens with two attached hydrogens (primary N) is 1. The summed E-state index contributed by atoms with van der Waals surface area (Å²) in [7, 11) is 0. The number of carboxylic acid groups (broad SMARTS) is 1. The summed E-state index contributed by atoms with van der Waals surface area (Å²) in [5, 5.41) is 9.16. The molecule has 1 unspecified atom stereocenters. The fourth-order valence-electron chi connectivity index (χ4n) is 1.78. The van der Waals surface area contributed by atoms with Gasteiger partial charge in [0, 0.05) is 24.2 Å². The van der Waals surface area contributed by atoms with Crippen LogP contribution in [0.2, 0.25) is 0 Å². The largest absolute Gasteiger partial charge is 0.480 e. The first kappa shape index (κ1) is 12.7. The van der Waals surface area contributed by atoms with Crippen molar-refractivity contribution in [3.8, 4) is 0 Å². The Bertz CT molecular complexity index is 463. The lowest BCUT2D eigenvalue weighted by molar-refractivity contribution is -0.138. The maximum absolute atomic E-state index is 11.2. The Balaban J connectivity index is 2.23. The summed E-state index contributed by atoms with van der Waals surface area (Å²) in [6.07, 6.45) is 1.37. The van der Waals surface area contributed by atoms with Crippen LogP contribution in [-0.2, 0) is 4.79 Å². The Hall–Kier alpha value is -1.76. The van der Waals surface area contributed by atoms with Crippen molar-refractivity contribution in [2.75, 3.05) is 23.0 Å². The predicted molar refractivity (Wildman–Crippen MR) is 68.8 cm³/mol. The van der Waals surface area contributed by atoms with E-state index in [-0.39, 0.29) is 0 Å². The molecule has 1 saturated heterocycles. The van der Waals surface area contributed by atoms with E-state index in [2.05, 4.69) is 4.98 Å². The molecule has 0 aromatic carbocycles. The van der Waals surface area contributed by atoms with Crippen LogP contribution in [0.25, 0.3) is 0 Å². The summed E-state index contributed by atoms with van der Waals surface area (Å²) in [6, 6.07) is 2.62. The highest BCUT2D eigenvalue weighted by Crippen LogP contribution is 2.22. The zero-order chi connectivity index (χ0) is 13.1. The Morgan fingerprint density at radius 1 is 1.50 bits per heavy atom. The van der Waals surface area contributed by atoms with Crippen molar-refractivity contribution in [3.63, 3.8) is 0 Å². The van der Waals surface area contributed by atoms with Gasteiger partial charge in [-0.1, -0.05) is 0 Å². The first-order chi connectivity index (χ1) is 8.59. The number of hydrogen-bond acceptors (Lipinski definition) is 5. The van der Waals surface area contributed by atoms with Gasteiger partial charge in [-0.15, -0.1) is 0 Å². The fraction of sp³-hybridized carbons (Fsp3) is 0.364. The smallest absolute Gasteiger partial charge is 0.327 e. The Morgan fingerprint density at radius 3 is 2.83 bits per heavy atom. The average molecular weight is 267 g/mol. The van der Waals surface area contributed by atoms with Gasteiger partial charge in [-0.05, 0) is 12.1 Å². The van der Waals surface area contributed by atoms with E-state index in [9.17, 15) is 9.59 Å². The number of carboxylic acids is 1. The maximum Gasteiger partial charge on any atom is 0.327 e. The molecule has 0 radical (unpaired) electrons. The van der Waals surface area contributed by atoms with Crippen LogP contribution < -0.4 is 10.6 Å².